The molecular formula is C24H22N2O4. The molecule has 0 radical (unpaired) electrons. The average molecular weight is 402 g/mol. The van der Waals surface area contributed by atoms with Gasteiger partial charge in [-0.2, -0.15) is 0 Å². The van der Waals surface area contributed by atoms with Crippen molar-refractivity contribution in [2.24, 2.45) is 0 Å². The fourth-order valence-electron chi connectivity index (χ4n) is 4.41. The van der Waals surface area contributed by atoms with E-state index in [0.717, 1.165) is 22.0 Å². The second-order valence-corrected chi connectivity index (χ2v) is 7.97. The Balaban J connectivity index is 1.41. The second-order valence-electron chi connectivity index (χ2n) is 7.97. The number of methoxy groups -OCH3 is 1. The monoisotopic (exact) mass is 402 g/mol. The number of likely N-dealkylation sites (tertiary alicyclic amines) is 1. The van der Waals surface area contributed by atoms with E-state index in [9.17, 15) is 9.59 Å². The van der Waals surface area contributed by atoms with Gasteiger partial charge in [-0.15, -0.1) is 0 Å². The summed E-state index contributed by atoms with van der Waals surface area (Å²) < 4.78 is 11.1. The molecule has 1 aromatic heterocycles. The van der Waals surface area contributed by atoms with Gasteiger partial charge in [0.05, 0.1) is 24.6 Å². The summed E-state index contributed by atoms with van der Waals surface area (Å²) in [6.45, 7) is 1.05. The topological polar surface area (TPSA) is 68.7 Å². The van der Waals surface area contributed by atoms with Gasteiger partial charge in [-0.25, -0.2) is 4.79 Å². The van der Waals surface area contributed by atoms with Gasteiger partial charge in [-0.1, -0.05) is 24.3 Å². The van der Waals surface area contributed by atoms with Crippen LogP contribution in [0.15, 0.2) is 54.7 Å². The van der Waals surface area contributed by atoms with Crippen molar-refractivity contribution in [1.29, 1.82) is 0 Å². The van der Waals surface area contributed by atoms with E-state index in [4.69, 9.17) is 9.47 Å². The molecule has 0 aliphatic carbocycles. The lowest BCUT2D eigenvalue weighted by atomic mass is 9.82. The second kappa shape index (κ2) is 7.13. The Bertz CT molecular complexity index is 1150. The van der Waals surface area contributed by atoms with Gasteiger partial charge in [0.1, 0.15) is 11.4 Å². The van der Waals surface area contributed by atoms with E-state index >= 15 is 0 Å². The molecule has 5 rings (SSSR count). The number of hydrogen-bond donors (Lipinski definition) is 0. The van der Waals surface area contributed by atoms with E-state index in [1.807, 2.05) is 48.7 Å². The lowest BCUT2D eigenvalue weighted by Crippen LogP contribution is -2.52. The standard InChI is InChI=1S/C24H22N2O4/c1-29-23(28)26-10-8-24(9-11-26)14-21(27)19-13-16(6-7-22(19)30-24)18-12-17-4-2-3-5-20(17)25-15-18/h2-7,12-13,15H,8-11,14H2,1H3. The molecule has 1 spiro atoms. The molecule has 6 nitrogen and oxygen atoms in total. The lowest BCUT2D eigenvalue weighted by Gasteiger charge is -2.43. The number of piperidine rings is 1. The van der Waals surface area contributed by atoms with Crippen LogP contribution in [0.4, 0.5) is 4.79 Å². The summed E-state index contributed by atoms with van der Waals surface area (Å²) in [5.41, 5.74) is 2.93. The lowest BCUT2D eigenvalue weighted by molar-refractivity contribution is -0.00705. The molecule has 2 aliphatic rings. The number of amides is 1. The van der Waals surface area contributed by atoms with Gasteiger partial charge in [0.25, 0.3) is 0 Å². The zero-order valence-corrected chi connectivity index (χ0v) is 16.8. The molecule has 1 saturated heterocycles. The van der Waals surface area contributed by atoms with E-state index in [2.05, 4.69) is 11.1 Å². The number of carbonyl (C=O) groups is 2. The number of benzene rings is 2. The number of ketones is 1. The van der Waals surface area contributed by atoms with Crippen molar-refractivity contribution in [3.8, 4) is 16.9 Å². The van der Waals surface area contributed by atoms with Gasteiger partial charge in [0, 0.05) is 43.1 Å². The maximum atomic E-state index is 13.0. The highest BCUT2D eigenvalue weighted by molar-refractivity contribution is 6.01. The maximum absolute atomic E-state index is 13.0. The minimum Gasteiger partial charge on any atom is -0.486 e. The van der Waals surface area contributed by atoms with Gasteiger partial charge < -0.3 is 14.4 Å². The first-order valence-corrected chi connectivity index (χ1v) is 10.1. The van der Waals surface area contributed by atoms with E-state index in [1.54, 1.807) is 4.90 Å². The Hall–Kier alpha value is -3.41. The SMILES string of the molecule is COC(=O)N1CCC2(CC1)CC(=O)c1cc(-c3cnc4ccccc4c3)ccc1O2. The molecule has 3 heterocycles. The van der Waals surface area contributed by atoms with E-state index in [1.165, 1.54) is 7.11 Å². The fourth-order valence-corrected chi connectivity index (χ4v) is 4.41. The highest BCUT2D eigenvalue weighted by Gasteiger charge is 2.43. The zero-order valence-electron chi connectivity index (χ0n) is 16.8. The number of rotatable bonds is 1. The van der Waals surface area contributed by atoms with Crippen LogP contribution < -0.4 is 4.74 Å². The summed E-state index contributed by atoms with van der Waals surface area (Å²) >= 11 is 0. The van der Waals surface area contributed by atoms with E-state index in [0.29, 0.717) is 43.7 Å². The van der Waals surface area contributed by atoms with Crippen LogP contribution in [0.3, 0.4) is 0 Å². The first-order chi connectivity index (χ1) is 14.6. The first kappa shape index (κ1) is 18.6. The molecule has 2 aromatic carbocycles. The summed E-state index contributed by atoms with van der Waals surface area (Å²) in [5, 5.41) is 1.06. The van der Waals surface area contributed by atoms with Gasteiger partial charge in [0.2, 0.25) is 0 Å². The largest absolute Gasteiger partial charge is 0.486 e. The van der Waals surface area contributed by atoms with Crippen LogP contribution in [-0.2, 0) is 4.74 Å². The normalized spacial score (nSPS) is 17.5. The predicted molar refractivity (Wildman–Crippen MR) is 113 cm³/mol. The summed E-state index contributed by atoms with van der Waals surface area (Å²) in [7, 11) is 1.38. The highest BCUT2D eigenvalue weighted by atomic mass is 16.5. The molecule has 0 bridgehead atoms. The fraction of sp³-hybridized carbons (Fsp3) is 0.292. The predicted octanol–water partition coefficient (Wildman–Crippen LogP) is 4.47. The van der Waals surface area contributed by atoms with Crippen LogP contribution in [-0.4, -0.2) is 47.6 Å². The van der Waals surface area contributed by atoms with Gasteiger partial charge in [0.15, 0.2) is 5.78 Å². The Labute approximate surface area is 174 Å². The smallest absolute Gasteiger partial charge is 0.409 e. The number of carbonyl (C=O) groups excluding carboxylic acids is 2. The molecule has 0 N–H and O–H groups in total. The molecule has 30 heavy (non-hydrogen) atoms. The number of pyridine rings is 1. The van der Waals surface area contributed by atoms with Crippen LogP contribution in [0.2, 0.25) is 0 Å². The average Bonchev–Trinajstić information content (AvgIpc) is 2.78. The summed E-state index contributed by atoms with van der Waals surface area (Å²) in [4.78, 5) is 31.0. The van der Waals surface area contributed by atoms with Gasteiger partial charge in [-0.05, 0) is 29.8 Å². The molecular weight excluding hydrogens is 380 g/mol. The van der Waals surface area contributed by atoms with Crippen molar-refractivity contribution >= 4 is 22.8 Å². The minimum atomic E-state index is -0.541. The Morgan fingerprint density at radius 1 is 1.10 bits per heavy atom. The quantitative estimate of drug-likeness (QED) is 0.601. The summed E-state index contributed by atoms with van der Waals surface area (Å²) in [5.74, 6) is 0.702. The zero-order chi connectivity index (χ0) is 20.7. The summed E-state index contributed by atoms with van der Waals surface area (Å²) in [6.07, 6.45) is 3.06. The number of Topliss-reactive ketones (excluding diaryl/α,β-unsaturated/α-hetero) is 1. The van der Waals surface area contributed by atoms with Crippen molar-refractivity contribution in [3.05, 3.63) is 60.3 Å². The van der Waals surface area contributed by atoms with Crippen LogP contribution in [0, 0.1) is 0 Å². The molecule has 1 fully saturated rings. The van der Waals surface area contributed by atoms with Crippen molar-refractivity contribution < 1.29 is 19.1 Å². The van der Waals surface area contributed by atoms with Crippen molar-refractivity contribution in [2.75, 3.05) is 20.2 Å². The third-order valence-corrected chi connectivity index (χ3v) is 6.12. The highest BCUT2D eigenvalue weighted by Crippen LogP contribution is 2.41. The van der Waals surface area contributed by atoms with E-state index < -0.39 is 5.60 Å². The number of para-hydroxylation sites is 1. The van der Waals surface area contributed by atoms with Crippen molar-refractivity contribution in [1.82, 2.24) is 9.88 Å². The van der Waals surface area contributed by atoms with Crippen LogP contribution >= 0.6 is 0 Å². The van der Waals surface area contributed by atoms with Gasteiger partial charge >= 0.3 is 6.09 Å². The Morgan fingerprint density at radius 2 is 1.90 bits per heavy atom. The molecule has 3 aromatic rings. The van der Waals surface area contributed by atoms with Crippen molar-refractivity contribution in [2.45, 2.75) is 24.9 Å². The number of hydrogen-bond acceptors (Lipinski definition) is 5. The third kappa shape index (κ3) is 3.18. The molecule has 0 saturated carbocycles. The van der Waals surface area contributed by atoms with E-state index in [-0.39, 0.29) is 11.9 Å². The molecule has 1 amide bonds. The van der Waals surface area contributed by atoms with Crippen LogP contribution in [0.25, 0.3) is 22.0 Å². The maximum Gasteiger partial charge on any atom is 0.409 e. The van der Waals surface area contributed by atoms with Gasteiger partial charge in [-0.3, -0.25) is 9.78 Å². The first-order valence-electron chi connectivity index (χ1n) is 10.1. The molecule has 2 aliphatic heterocycles. The number of aromatic nitrogens is 1. The number of ether oxygens (including phenoxy) is 2. The molecule has 6 heteroatoms. The molecule has 0 unspecified atom stereocenters. The Kier molecular flexibility index (Phi) is 4.42. The molecule has 0 atom stereocenters. The molecule has 152 valence electrons. The van der Waals surface area contributed by atoms with Crippen LogP contribution in [0.1, 0.15) is 29.6 Å². The third-order valence-electron chi connectivity index (χ3n) is 6.12. The number of fused-ring (bicyclic) bond motifs is 2. The van der Waals surface area contributed by atoms with Crippen LogP contribution in [0.5, 0.6) is 5.75 Å². The Morgan fingerprint density at radius 3 is 2.70 bits per heavy atom. The minimum absolute atomic E-state index is 0.0818. The number of nitrogens with zero attached hydrogens (tertiary/aromatic N) is 2. The summed E-state index contributed by atoms with van der Waals surface area (Å²) in [6, 6.07) is 15.8. The van der Waals surface area contributed by atoms with Crippen molar-refractivity contribution in [3.63, 3.8) is 0 Å².